The second-order valence-electron chi connectivity index (χ2n) is 9.00. The molecular weight excluding hydrogens is 514 g/mol. The summed E-state index contributed by atoms with van der Waals surface area (Å²) in [4.78, 5) is 27.7. The van der Waals surface area contributed by atoms with E-state index in [1.807, 2.05) is 19.1 Å². The third-order valence-corrected chi connectivity index (χ3v) is 6.50. The Morgan fingerprint density at radius 3 is 2.28 bits per heavy atom. The molecule has 4 aromatic rings. The van der Waals surface area contributed by atoms with Gasteiger partial charge < -0.3 is 15.0 Å². The number of hydrogen-bond acceptors (Lipinski definition) is 6. The molecule has 0 fully saturated rings. The lowest BCUT2D eigenvalue weighted by Crippen LogP contribution is -2.29. The highest BCUT2D eigenvalue weighted by atomic mass is 35.5. The number of aryl methyl sites for hydroxylation is 1. The summed E-state index contributed by atoms with van der Waals surface area (Å²) in [6, 6.07) is 23.2. The van der Waals surface area contributed by atoms with Crippen LogP contribution in [0.25, 0.3) is 5.69 Å². The number of methoxy groups -OCH3 is 1. The lowest BCUT2D eigenvalue weighted by molar-refractivity contribution is 0.0794. The van der Waals surface area contributed by atoms with Gasteiger partial charge in [0, 0.05) is 36.3 Å². The molecule has 0 aliphatic carbocycles. The van der Waals surface area contributed by atoms with Gasteiger partial charge in [0.2, 0.25) is 5.78 Å². The molecule has 0 spiro atoms. The van der Waals surface area contributed by atoms with Crippen LogP contribution in [0.1, 0.15) is 44.0 Å². The van der Waals surface area contributed by atoms with Gasteiger partial charge in [0.1, 0.15) is 23.2 Å². The zero-order valence-electron chi connectivity index (χ0n) is 21.9. The van der Waals surface area contributed by atoms with Crippen LogP contribution in [0.5, 0.6) is 5.75 Å². The Hall–Kier alpha value is -4.61. The van der Waals surface area contributed by atoms with E-state index in [1.54, 1.807) is 84.4 Å². The Morgan fingerprint density at radius 2 is 1.67 bits per heavy atom. The van der Waals surface area contributed by atoms with E-state index in [1.165, 1.54) is 0 Å². The van der Waals surface area contributed by atoms with Gasteiger partial charge in [-0.15, -0.1) is 0 Å². The van der Waals surface area contributed by atoms with Gasteiger partial charge >= 0.3 is 0 Å². The van der Waals surface area contributed by atoms with E-state index < -0.39 is 0 Å². The summed E-state index contributed by atoms with van der Waals surface area (Å²) in [5.41, 5.74) is 2.90. The Bertz CT molecular complexity index is 1500. The molecule has 1 N–H and O–H groups in total. The number of benzene rings is 3. The molecule has 1 amide bonds. The maximum atomic E-state index is 13.3. The average molecular weight is 542 g/mol. The number of carbonyl (C=O) groups is 2. The number of nitrogens with one attached hydrogen (secondary N) is 1. The second kappa shape index (κ2) is 12.3. The lowest BCUT2D eigenvalue weighted by atomic mass is 10.0. The molecule has 0 aliphatic heterocycles. The number of ketones is 1. The molecule has 198 valence electrons. The number of nitrogens with zero attached hydrogens (tertiary/aromatic N) is 4. The summed E-state index contributed by atoms with van der Waals surface area (Å²) in [6.07, 6.45) is 0.594. The minimum absolute atomic E-state index is 0.0607. The molecule has 3 aromatic carbocycles. The van der Waals surface area contributed by atoms with Crippen molar-refractivity contribution in [3.63, 3.8) is 0 Å². The number of ether oxygens (including phenoxy) is 1. The highest BCUT2D eigenvalue weighted by Crippen LogP contribution is 2.26. The van der Waals surface area contributed by atoms with Crippen molar-refractivity contribution in [2.45, 2.75) is 13.3 Å². The Balaban J connectivity index is 1.53. The van der Waals surface area contributed by atoms with Gasteiger partial charge in [-0.05, 0) is 61.9 Å². The molecule has 8 nitrogen and oxygen atoms in total. The molecule has 4 rings (SSSR count). The van der Waals surface area contributed by atoms with E-state index in [0.717, 1.165) is 5.56 Å². The standard InChI is InChI=1S/C30H28ClN5O3/c1-20-5-7-21(8-6-20)28(37)27-26(19-32)29(36(34-27)24-13-11-23(31)12-14-24)33-17-4-18-35(2)30(38)22-9-15-25(39-3)16-10-22/h5-16,33H,4,17-18H2,1-3H3. The summed E-state index contributed by atoms with van der Waals surface area (Å²) in [6.45, 7) is 2.85. The summed E-state index contributed by atoms with van der Waals surface area (Å²) >= 11 is 6.07. The van der Waals surface area contributed by atoms with Crippen LogP contribution in [0, 0.1) is 18.3 Å². The van der Waals surface area contributed by atoms with Crippen molar-refractivity contribution in [2.24, 2.45) is 0 Å². The summed E-state index contributed by atoms with van der Waals surface area (Å²) in [7, 11) is 3.32. The third-order valence-electron chi connectivity index (χ3n) is 6.24. The topological polar surface area (TPSA) is 100 Å². The van der Waals surface area contributed by atoms with Crippen LogP contribution in [0.15, 0.2) is 72.8 Å². The zero-order chi connectivity index (χ0) is 27.9. The number of rotatable bonds is 10. The lowest BCUT2D eigenvalue weighted by Gasteiger charge is -2.18. The van der Waals surface area contributed by atoms with E-state index in [0.29, 0.717) is 52.9 Å². The normalized spacial score (nSPS) is 10.5. The van der Waals surface area contributed by atoms with Crippen molar-refractivity contribution < 1.29 is 14.3 Å². The van der Waals surface area contributed by atoms with Crippen LogP contribution in [0.3, 0.4) is 0 Å². The maximum Gasteiger partial charge on any atom is 0.253 e. The van der Waals surface area contributed by atoms with Crippen LogP contribution >= 0.6 is 11.6 Å². The first-order valence-electron chi connectivity index (χ1n) is 12.4. The van der Waals surface area contributed by atoms with Crippen molar-refractivity contribution >= 4 is 29.1 Å². The Kier molecular flexibility index (Phi) is 8.64. The van der Waals surface area contributed by atoms with Crippen LogP contribution < -0.4 is 10.1 Å². The molecule has 1 aromatic heterocycles. The van der Waals surface area contributed by atoms with Crippen molar-refractivity contribution in [2.75, 3.05) is 32.6 Å². The number of halogens is 1. The molecular formula is C30H28ClN5O3. The predicted octanol–water partition coefficient (Wildman–Crippen LogP) is 5.52. The Labute approximate surface area is 232 Å². The van der Waals surface area contributed by atoms with E-state index in [2.05, 4.69) is 16.5 Å². The molecule has 0 radical (unpaired) electrons. The van der Waals surface area contributed by atoms with E-state index in [9.17, 15) is 14.9 Å². The fourth-order valence-corrected chi connectivity index (χ4v) is 4.16. The maximum absolute atomic E-state index is 13.3. The van der Waals surface area contributed by atoms with Crippen LogP contribution in [-0.4, -0.2) is 53.6 Å². The highest BCUT2D eigenvalue weighted by Gasteiger charge is 2.25. The minimum atomic E-state index is -0.341. The van der Waals surface area contributed by atoms with Crippen molar-refractivity contribution in [3.8, 4) is 17.5 Å². The molecule has 0 saturated heterocycles. The molecule has 9 heteroatoms. The fraction of sp³-hybridized carbons (Fsp3) is 0.200. The van der Waals surface area contributed by atoms with Crippen molar-refractivity contribution in [3.05, 3.63) is 106 Å². The number of anilines is 1. The van der Waals surface area contributed by atoms with Gasteiger partial charge in [-0.25, -0.2) is 4.68 Å². The first-order valence-corrected chi connectivity index (χ1v) is 12.7. The smallest absolute Gasteiger partial charge is 0.253 e. The monoisotopic (exact) mass is 541 g/mol. The van der Waals surface area contributed by atoms with E-state index in [-0.39, 0.29) is 22.9 Å². The fourth-order valence-electron chi connectivity index (χ4n) is 4.04. The minimum Gasteiger partial charge on any atom is -0.497 e. The van der Waals surface area contributed by atoms with Gasteiger partial charge in [-0.3, -0.25) is 9.59 Å². The highest BCUT2D eigenvalue weighted by molar-refractivity contribution is 6.30. The quantitative estimate of drug-likeness (QED) is 0.209. The van der Waals surface area contributed by atoms with Gasteiger partial charge in [0.05, 0.1) is 12.8 Å². The average Bonchev–Trinajstić information content (AvgIpc) is 3.33. The van der Waals surface area contributed by atoms with Crippen molar-refractivity contribution in [1.29, 1.82) is 5.26 Å². The number of amides is 1. The van der Waals surface area contributed by atoms with Gasteiger partial charge in [-0.1, -0.05) is 41.4 Å². The van der Waals surface area contributed by atoms with Gasteiger partial charge in [0.15, 0.2) is 5.69 Å². The molecule has 1 heterocycles. The van der Waals surface area contributed by atoms with Gasteiger partial charge in [-0.2, -0.15) is 10.4 Å². The first kappa shape index (κ1) is 27.4. The van der Waals surface area contributed by atoms with E-state index in [4.69, 9.17) is 16.3 Å². The molecule has 39 heavy (non-hydrogen) atoms. The molecule has 0 bridgehead atoms. The first-order chi connectivity index (χ1) is 18.8. The van der Waals surface area contributed by atoms with Crippen molar-refractivity contribution in [1.82, 2.24) is 14.7 Å². The van der Waals surface area contributed by atoms with Gasteiger partial charge in [0.25, 0.3) is 5.91 Å². The number of aromatic nitrogens is 2. The van der Waals surface area contributed by atoms with Crippen LogP contribution in [-0.2, 0) is 0 Å². The summed E-state index contributed by atoms with van der Waals surface area (Å²) in [5.74, 6) is 0.642. The number of nitriles is 1. The van der Waals surface area contributed by atoms with E-state index >= 15 is 0 Å². The zero-order valence-corrected chi connectivity index (χ0v) is 22.7. The Morgan fingerprint density at radius 1 is 1.03 bits per heavy atom. The SMILES string of the molecule is COc1ccc(C(=O)N(C)CCCNc2c(C#N)c(C(=O)c3ccc(C)cc3)nn2-c2ccc(Cl)cc2)cc1. The molecule has 0 atom stereocenters. The summed E-state index contributed by atoms with van der Waals surface area (Å²) in [5, 5.41) is 18.4. The van der Waals surface area contributed by atoms with Crippen LogP contribution in [0.4, 0.5) is 5.82 Å². The molecule has 0 aliphatic rings. The molecule has 0 unspecified atom stereocenters. The molecule has 0 saturated carbocycles. The largest absolute Gasteiger partial charge is 0.497 e. The third kappa shape index (κ3) is 6.28. The number of hydrogen-bond donors (Lipinski definition) is 1. The predicted molar refractivity (Wildman–Crippen MR) is 151 cm³/mol. The number of carbonyl (C=O) groups excluding carboxylic acids is 2. The van der Waals surface area contributed by atoms with Crippen LogP contribution in [0.2, 0.25) is 5.02 Å². The second-order valence-corrected chi connectivity index (χ2v) is 9.44. The summed E-state index contributed by atoms with van der Waals surface area (Å²) < 4.78 is 6.70.